The van der Waals surface area contributed by atoms with Gasteiger partial charge in [0.1, 0.15) is 0 Å². The van der Waals surface area contributed by atoms with E-state index < -0.39 is 9.73 Å². The molecule has 0 aliphatic heterocycles. The average molecular weight is 225 g/mol. The molecule has 0 spiro atoms. The molecule has 0 saturated heterocycles. The monoisotopic (exact) mass is 224 g/mol. The molecule has 5 nitrogen and oxygen atoms in total. The van der Waals surface area contributed by atoms with Gasteiger partial charge in [-0.05, 0) is 0 Å². The molecule has 76 valence electrons. The molecule has 1 aromatic heterocycles. The van der Waals surface area contributed by atoms with Gasteiger partial charge in [-0.1, -0.05) is 0 Å². The zero-order chi connectivity index (χ0) is 9.35. The summed E-state index contributed by atoms with van der Waals surface area (Å²) in [7, 11) is -0.969. The van der Waals surface area contributed by atoms with E-state index in [-0.39, 0.29) is 19.0 Å². The van der Waals surface area contributed by atoms with Gasteiger partial charge in [0.15, 0.2) is 0 Å². The molecule has 0 bridgehead atoms. The number of nitrogens with zero attached hydrogens (tertiary/aromatic N) is 2. The number of hydrogen-bond acceptors (Lipinski definition) is 4. The Kier molecular flexibility index (Phi) is 3.89. The van der Waals surface area contributed by atoms with Gasteiger partial charge in [0.25, 0.3) is 0 Å². The second-order valence-corrected chi connectivity index (χ2v) is 4.75. The van der Waals surface area contributed by atoms with Crippen LogP contribution in [-0.2, 0) is 23.3 Å². The lowest BCUT2D eigenvalue weighted by atomic mass is 10.4. The summed E-state index contributed by atoms with van der Waals surface area (Å²) in [5.74, 6) is 0. The third kappa shape index (κ3) is 2.43. The number of aromatic nitrogens is 2. The van der Waals surface area contributed by atoms with E-state index in [9.17, 15) is 4.21 Å². The first-order chi connectivity index (χ1) is 5.46. The van der Waals surface area contributed by atoms with Gasteiger partial charge in [-0.3, -0.25) is 4.68 Å². The van der Waals surface area contributed by atoms with Gasteiger partial charge in [-0.15, -0.1) is 12.4 Å². The van der Waals surface area contributed by atoms with Crippen molar-refractivity contribution in [2.75, 3.05) is 6.26 Å². The molecule has 0 aromatic carbocycles. The standard InChI is InChI=1S/C6H12N4OS.ClH/c1-10-5(3-7)6(4-9-10)12(2,8)11;/h4,8H,3,7H2,1-2H3;1H. The highest BCUT2D eigenvalue weighted by Crippen LogP contribution is 2.13. The Balaban J connectivity index is 0.00000144. The van der Waals surface area contributed by atoms with Gasteiger partial charge in [0.05, 0.1) is 26.5 Å². The maximum Gasteiger partial charge on any atom is 0.0894 e. The van der Waals surface area contributed by atoms with Crippen molar-refractivity contribution in [3.63, 3.8) is 0 Å². The second-order valence-electron chi connectivity index (χ2n) is 2.63. The van der Waals surface area contributed by atoms with E-state index in [1.165, 1.54) is 12.5 Å². The Labute approximate surface area is 83.7 Å². The van der Waals surface area contributed by atoms with Crippen LogP contribution in [0.2, 0.25) is 0 Å². The number of rotatable bonds is 2. The summed E-state index contributed by atoms with van der Waals surface area (Å²) in [6.07, 6.45) is 2.81. The lowest BCUT2D eigenvalue weighted by Gasteiger charge is -2.01. The summed E-state index contributed by atoms with van der Waals surface area (Å²) >= 11 is 0. The molecular formula is C6H13ClN4OS. The molecule has 1 heterocycles. The number of hydrogen-bond donors (Lipinski definition) is 2. The van der Waals surface area contributed by atoms with Crippen molar-refractivity contribution in [2.24, 2.45) is 12.8 Å². The van der Waals surface area contributed by atoms with E-state index in [0.717, 1.165) is 0 Å². The summed E-state index contributed by atoms with van der Waals surface area (Å²) in [6, 6.07) is 0. The van der Waals surface area contributed by atoms with Crippen molar-refractivity contribution in [3.05, 3.63) is 11.9 Å². The van der Waals surface area contributed by atoms with Crippen LogP contribution >= 0.6 is 12.4 Å². The molecule has 1 aromatic rings. The quantitative estimate of drug-likeness (QED) is 0.760. The molecule has 1 atom stereocenters. The van der Waals surface area contributed by atoms with Crippen molar-refractivity contribution < 1.29 is 4.21 Å². The van der Waals surface area contributed by atoms with Gasteiger partial charge < -0.3 is 5.73 Å². The minimum atomic E-state index is -2.69. The maximum absolute atomic E-state index is 11.3. The Morgan fingerprint density at radius 3 is 2.62 bits per heavy atom. The fourth-order valence-corrected chi connectivity index (χ4v) is 1.91. The second kappa shape index (κ2) is 4.08. The van der Waals surface area contributed by atoms with E-state index in [1.54, 1.807) is 11.7 Å². The zero-order valence-electron chi connectivity index (χ0n) is 7.48. The molecule has 13 heavy (non-hydrogen) atoms. The van der Waals surface area contributed by atoms with Crippen LogP contribution in [0.4, 0.5) is 0 Å². The molecule has 0 fully saturated rings. The molecule has 0 saturated carbocycles. The molecule has 1 unspecified atom stereocenters. The Morgan fingerprint density at radius 1 is 1.77 bits per heavy atom. The summed E-state index contributed by atoms with van der Waals surface area (Å²) in [5.41, 5.74) is 6.09. The smallest absolute Gasteiger partial charge is 0.0894 e. The normalized spacial score (nSPS) is 14.7. The van der Waals surface area contributed by atoms with Crippen LogP contribution in [-0.4, -0.2) is 20.2 Å². The predicted octanol–water partition coefficient (Wildman–Crippen LogP) is 0.336. The Morgan fingerprint density at radius 2 is 2.31 bits per heavy atom. The van der Waals surface area contributed by atoms with Crippen LogP contribution in [0, 0.1) is 4.78 Å². The fourth-order valence-electron chi connectivity index (χ4n) is 1.00. The molecule has 0 amide bonds. The predicted molar refractivity (Wildman–Crippen MR) is 53.4 cm³/mol. The number of halogens is 1. The van der Waals surface area contributed by atoms with Crippen LogP contribution in [0.1, 0.15) is 5.69 Å². The first kappa shape index (κ1) is 12.4. The Hall–Kier alpha value is -0.590. The van der Waals surface area contributed by atoms with Gasteiger partial charge >= 0.3 is 0 Å². The fraction of sp³-hybridized carbons (Fsp3) is 0.500. The summed E-state index contributed by atoms with van der Waals surface area (Å²) in [6.45, 7) is 0.259. The SMILES string of the molecule is Cl.Cn1ncc(S(C)(=N)=O)c1CN. The molecule has 1 rings (SSSR count). The van der Waals surface area contributed by atoms with Crippen LogP contribution in [0.3, 0.4) is 0 Å². The van der Waals surface area contributed by atoms with Crippen LogP contribution in [0.15, 0.2) is 11.1 Å². The van der Waals surface area contributed by atoms with Crippen LogP contribution in [0.25, 0.3) is 0 Å². The third-order valence-corrected chi connectivity index (χ3v) is 2.82. The number of aryl methyl sites for hydroxylation is 1. The van der Waals surface area contributed by atoms with Crippen molar-refractivity contribution >= 4 is 22.1 Å². The highest BCUT2D eigenvalue weighted by atomic mass is 35.5. The molecule has 0 aliphatic rings. The summed E-state index contributed by atoms with van der Waals surface area (Å²) < 4.78 is 20.2. The van der Waals surface area contributed by atoms with Crippen LogP contribution in [0.5, 0.6) is 0 Å². The van der Waals surface area contributed by atoms with Gasteiger partial charge in [0, 0.05) is 19.8 Å². The molecule has 0 radical (unpaired) electrons. The lowest BCUT2D eigenvalue weighted by Crippen LogP contribution is -2.08. The Bertz CT molecular complexity index is 383. The molecule has 7 heteroatoms. The summed E-state index contributed by atoms with van der Waals surface area (Å²) in [5, 5.41) is 3.89. The van der Waals surface area contributed by atoms with Crippen molar-refractivity contribution in [3.8, 4) is 0 Å². The minimum Gasteiger partial charge on any atom is -0.325 e. The third-order valence-electron chi connectivity index (χ3n) is 1.64. The maximum atomic E-state index is 11.3. The summed E-state index contributed by atoms with van der Waals surface area (Å²) in [4.78, 5) is 0.438. The van der Waals surface area contributed by atoms with Gasteiger partial charge in [-0.25, -0.2) is 8.99 Å². The topological polar surface area (TPSA) is 84.8 Å². The highest BCUT2D eigenvalue weighted by Gasteiger charge is 2.12. The minimum absolute atomic E-state index is 0. The first-order valence-corrected chi connectivity index (χ1v) is 5.38. The number of nitrogens with two attached hydrogens (primary N) is 1. The number of nitrogens with one attached hydrogen (secondary N) is 1. The molecule has 0 aliphatic carbocycles. The van der Waals surface area contributed by atoms with Crippen molar-refractivity contribution in [1.82, 2.24) is 9.78 Å². The van der Waals surface area contributed by atoms with E-state index >= 15 is 0 Å². The van der Waals surface area contributed by atoms with Crippen molar-refractivity contribution in [2.45, 2.75) is 11.4 Å². The van der Waals surface area contributed by atoms with E-state index in [0.29, 0.717) is 10.6 Å². The average Bonchev–Trinajstić information content (AvgIpc) is 2.29. The van der Waals surface area contributed by atoms with Gasteiger partial charge in [0.2, 0.25) is 0 Å². The van der Waals surface area contributed by atoms with Gasteiger partial charge in [-0.2, -0.15) is 5.10 Å². The highest BCUT2D eigenvalue weighted by molar-refractivity contribution is 7.91. The molecular weight excluding hydrogens is 212 g/mol. The van der Waals surface area contributed by atoms with E-state index in [1.807, 2.05) is 0 Å². The molecule has 3 N–H and O–H groups in total. The van der Waals surface area contributed by atoms with Crippen molar-refractivity contribution in [1.29, 1.82) is 4.78 Å². The van der Waals surface area contributed by atoms with Crippen LogP contribution < -0.4 is 5.73 Å². The lowest BCUT2D eigenvalue weighted by molar-refractivity contribution is 0.674. The largest absolute Gasteiger partial charge is 0.325 e. The van der Waals surface area contributed by atoms with E-state index in [4.69, 9.17) is 10.5 Å². The zero-order valence-corrected chi connectivity index (χ0v) is 9.11. The first-order valence-electron chi connectivity index (χ1n) is 3.41. The van der Waals surface area contributed by atoms with E-state index in [2.05, 4.69) is 5.10 Å².